The average Bonchev–Trinajstić information content (AvgIpc) is 0.814. The second-order valence-corrected chi connectivity index (χ2v) is 25.7. The summed E-state index contributed by atoms with van der Waals surface area (Å²) in [7, 11) is 0. The van der Waals surface area contributed by atoms with Crippen molar-refractivity contribution in [2.24, 2.45) is 0 Å². The summed E-state index contributed by atoms with van der Waals surface area (Å²) in [6.07, 6.45) is 43.8. The largest absolute Gasteiger partial charge is 0.394 e. The first-order chi connectivity index (χ1) is 45.3. The molecule has 3 heterocycles. The van der Waals surface area contributed by atoms with Crippen LogP contribution in [0.25, 0.3) is 0 Å². The summed E-state index contributed by atoms with van der Waals surface area (Å²) >= 11 is 0. The van der Waals surface area contributed by atoms with Gasteiger partial charge in [-0.15, -0.1) is 0 Å². The van der Waals surface area contributed by atoms with E-state index < -0.39 is 124 Å². The van der Waals surface area contributed by atoms with Gasteiger partial charge in [0, 0.05) is 6.42 Å². The van der Waals surface area contributed by atoms with Crippen LogP contribution in [0.3, 0.4) is 0 Å². The third-order valence-electron chi connectivity index (χ3n) is 17.7. The van der Waals surface area contributed by atoms with E-state index in [1.54, 1.807) is 0 Å². The van der Waals surface area contributed by atoms with Gasteiger partial charge in [0.2, 0.25) is 5.91 Å². The molecule has 93 heavy (non-hydrogen) atoms. The number of allylic oxidation sites excluding steroid dienone is 14. The number of hydrogen-bond donors (Lipinski definition) is 12. The number of amides is 1. The van der Waals surface area contributed by atoms with Crippen molar-refractivity contribution in [2.75, 3.05) is 26.4 Å². The summed E-state index contributed by atoms with van der Waals surface area (Å²) in [4.78, 5) is 13.4. The molecule has 0 spiro atoms. The summed E-state index contributed by atoms with van der Waals surface area (Å²) in [5.74, 6) is -0.301. The van der Waals surface area contributed by atoms with Crippen LogP contribution >= 0.6 is 0 Å². The second-order valence-electron chi connectivity index (χ2n) is 25.7. The van der Waals surface area contributed by atoms with E-state index >= 15 is 0 Å². The van der Waals surface area contributed by atoms with Gasteiger partial charge in [-0.25, -0.2) is 0 Å². The Morgan fingerprint density at radius 1 is 0.398 bits per heavy atom. The highest BCUT2D eigenvalue weighted by atomic mass is 16.8. The van der Waals surface area contributed by atoms with Crippen molar-refractivity contribution in [3.05, 3.63) is 85.1 Å². The quantitative estimate of drug-likeness (QED) is 0.0199. The van der Waals surface area contributed by atoms with E-state index in [0.29, 0.717) is 25.7 Å². The molecule has 17 atom stereocenters. The number of carbonyl (C=O) groups excluding carboxylic acids is 1. The van der Waals surface area contributed by atoms with E-state index in [1.807, 2.05) is 6.08 Å². The molecule has 19 nitrogen and oxygen atoms in total. The van der Waals surface area contributed by atoms with Crippen LogP contribution in [0.15, 0.2) is 85.1 Å². The minimum absolute atomic E-state index is 0.182. The molecule has 17 unspecified atom stereocenters. The Morgan fingerprint density at radius 3 is 1.12 bits per heavy atom. The van der Waals surface area contributed by atoms with Crippen LogP contribution in [-0.4, -0.2) is 193 Å². The zero-order valence-electron chi connectivity index (χ0n) is 57.0. The zero-order chi connectivity index (χ0) is 67.5. The Balaban J connectivity index is 1.44. The van der Waals surface area contributed by atoms with Crippen molar-refractivity contribution < 1.29 is 89.4 Å². The van der Waals surface area contributed by atoms with E-state index in [0.717, 1.165) is 64.2 Å². The lowest BCUT2D eigenvalue weighted by Crippen LogP contribution is -2.66. The van der Waals surface area contributed by atoms with E-state index in [4.69, 9.17) is 28.4 Å². The summed E-state index contributed by atoms with van der Waals surface area (Å²) in [6.45, 7) is 1.66. The zero-order valence-corrected chi connectivity index (χ0v) is 57.0. The fraction of sp³-hybridized carbons (Fsp3) is 0.797. The molecule has 3 aliphatic rings. The molecule has 3 saturated heterocycles. The van der Waals surface area contributed by atoms with Gasteiger partial charge in [-0.2, -0.15) is 0 Å². The smallest absolute Gasteiger partial charge is 0.220 e. The van der Waals surface area contributed by atoms with Crippen LogP contribution in [0.1, 0.15) is 245 Å². The van der Waals surface area contributed by atoms with Crippen molar-refractivity contribution in [2.45, 2.75) is 349 Å². The molecule has 3 rings (SSSR count). The molecule has 19 heteroatoms. The van der Waals surface area contributed by atoms with E-state index in [1.165, 1.54) is 135 Å². The van der Waals surface area contributed by atoms with Crippen LogP contribution in [0.4, 0.5) is 0 Å². The highest BCUT2D eigenvalue weighted by Crippen LogP contribution is 2.33. The van der Waals surface area contributed by atoms with Gasteiger partial charge < -0.3 is 89.9 Å². The molecule has 538 valence electrons. The van der Waals surface area contributed by atoms with Crippen LogP contribution in [-0.2, 0) is 33.2 Å². The minimum atomic E-state index is -1.98. The molecule has 0 aromatic heterocycles. The maximum absolute atomic E-state index is 13.4. The molecule has 0 aliphatic carbocycles. The summed E-state index contributed by atoms with van der Waals surface area (Å²) in [5, 5.41) is 121. The van der Waals surface area contributed by atoms with Crippen molar-refractivity contribution in [3.63, 3.8) is 0 Å². The third-order valence-corrected chi connectivity index (χ3v) is 17.7. The van der Waals surface area contributed by atoms with Crippen molar-refractivity contribution in [1.29, 1.82) is 0 Å². The van der Waals surface area contributed by atoms with E-state index in [2.05, 4.69) is 98.2 Å². The van der Waals surface area contributed by atoms with Crippen molar-refractivity contribution >= 4 is 5.91 Å². The Bertz CT molecular complexity index is 2010. The van der Waals surface area contributed by atoms with Gasteiger partial charge in [0.05, 0.1) is 38.6 Å². The second kappa shape index (κ2) is 54.9. The number of aliphatic hydroxyl groups excluding tert-OH is 11. The first kappa shape index (κ1) is 84.2. The minimum Gasteiger partial charge on any atom is -0.394 e. The predicted molar refractivity (Wildman–Crippen MR) is 364 cm³/mol. The lowest BCUT2D eigenvalue weighted by Gasteiger charge is -2.48. The molecular weight excluding hydrogens is 1190 g/mol. The Morgan fingerprint density at radius 2 is 0.731 bits per heavy atom. The van der Waals surface area contributed by atoms with Gasteiger partial charge in [-0.3, -0.25) is 4.79 Å². The van der Waals surface area contributed by atoms with Crippen LogP contribution < -0.4 is 5.32 Å². The SMILES string of the molecule is CC/C=C\C/C=C\C/C=C\C/C=C\C/C=C\C/C=C\C/C=C\CCCC(=O)NC(COC1OC(CO)C(OC2OC(CO)C(OC3OC(CO)C(O)C(O)C3O)C(O)C2O)C(O)C1O)C(O)CCCCCCCCCCCCCCCCCCCCCCCCCCC. The lowest BCUT2D eigenvalue weighted by atomic mass is 9.96. The van der Waals surface area contributed by atoms with Crippen LogP contribution in [0.2, 0.25) is 0 Å². The first-order valence-corrected chi connectivity index (χ1v) is 36.3. The summed E-state index contributed by atoms with van der Waals surface area (Å²) in [5.41, 5.74) is 0. The van der Waals surface area contributed by atoms with Gasteiger partial charge in [0.25, 0.3) is 0 Å². The molecule has 0 saturated carbocycles. The van der Waals surface area contributed by atoms with Gasteiger partial charge in [0.15, 0.2) is 18.9 Å². The molecule has 0 bridgehead atoms. The van der Waals surface area contributed by atoms with Crippen LogP contribution in [0.5, 0.6) is 0 Å². The third kappa shape index (κ3) is 36.4. The van der Waals surface area contributed by atoms with Gasteiger partial charge in [-0.1, -0.05) is 259 Å². The van der Waals surface area contributed by atoms with Crippen molar-refractivity contribution in [3.8, 4) is 0 Å². The Labute approximate surface area is 559 Å². The molecule has 0 radical (unpaired) electrons. The van der Waals surface area contributed by atoms with Crippen molar-refractivity contribution in [1.82, 2.24) is 5.32 Å². The summed E-state index contributed by atoms with van der Waals surface area (Å²) < 4.78 is 34.4. The molecular formula is C74H129NO18. The molecule has 3 fully saturated rings. The standard InChI is InChI=1S/C74H129NO18/c1-3-5-7-9-11-13-15-17-19-21-23-25-27-28-30-31-33-35-37-39-41-43-45-47-49-51-58(79)57(75-62(80)52-50-48-46-44-42-40-38-36-34-32-29-26-24-22-20-18-16-14-12-10-8-6-4-2)56-88-72-68(86)65(83)70(60(54-77)90-72)93-74-69(87)66(84)71(61(55-78)91-74)92-73-67(85)64(82)63(81)59(53-76)89-73/h6,8,12,14,18,20,24,26,32,34,38,40,44,46,57-61,63-74,76-79,81-87H,3-5,7,9-11,13,15-17,19,21-23,25,27-31,33,35-37,39,41-43,45,47-56H2,1-2H3,(H,75,80)/b8-6-,14-12-,20-18-,26-24-,34-32-,40-38-,46-44-. The molecule has 0 aromatic carbocycles. The van der Waals surface area contributed by atoms with E-state index in [9.17, 15) is 61.0 Å². The molecule has 3 aliphatic heterocycles. The maximum Gasteiger partial charge on any atom is 0.220 e. The number of nitrogens with one attached hydrogen (secondary N) is 1. The van der Waals surface area contributed by atoms with Gasteiger partial charge >= 0.3 is 0 Å². The normalized spacial score (nSPS) is 28.0. The predicted octanol–water partition coefficient (Wildman–Crippen LogP) is 10.3. The number of ether oxygens (including phenoxy) is 6. The fourth-order valence-corrected chi connectivity index (χ4v) is 11.9. The fourth-order valence-electron chi connectivity index (χ4n) is 11.9. The molecule has 12 N–H and O–H groups in total. The van der Waals surface area contributed by atoms with Gasteiger partial charge in [-0.05, 0) is 64.2 Å². The highest BCUT2D eigenvalue weighted by Gasteiger charge is 2.53. The highest BCUT2D eigenvalue weighted by molar-refractivity contribution is 5.76. The topological polar surface area (TPSA) is 307 Å². The average molecular weight is 1320 g/mol. The Hall–Kier alpha value is -3.03. The van der Waals surface area contributed by atoms with Gasteiger partial charge in [0.1, 0.15) is 73.2 Å². The number of carbonyl (C=O) groups is 1. The van der Waals surface area contributed by atoms with Crippen LogP contribution in [0, 0.1) is 0 Å². The number of rotatable bonds is 55. The first-order valence-electron chi connectivity index (χ1n) is 36.3. The lowest BCUT2D eigenvalue weighted by molar-refractivity contribution is -0.379. The molecule has 1 amide bonds. The molecule has 0 aromatic rings. The number of hydrogen-bond acceptors (Lipinski definition) is 18. The summed E-state index contributed by atoms with van der Waals surface area (Å²) in [6, 6.07) is -0.925. The number of aliphatic hydroxyl groups is 11. The number of unbranched alkanes of at least 4 members (excludes halogenated alkanes) is 25. The van der Waals surface area contributed by atoms with E-state index in [-0.39, 0.29) is 18.9 Å². The monoisotopic (exact) mass is 1320 g/mol. The maximum atomic E-state index is 13.4. The Kier molecular flexibility index (Phi) is 49.7.